The number of carbonyl (C=O) groups is 1. The zero-order chi connectivity index (χ0) is 11.5. The molecular formula is C12H22N2O2. The molecule has 4 nitrogen and oxygen atoms in total. The first kappa shape index (κ1) is 11.9. The Balaban J connectivity index is 1.76. The second-order valence-electron chi connectivity index (χ2n) is 4.94. The minimum absolute atomic E-state index is 0.00660. The van der Waals surface area contributed by atoms with Crippen molar-refractivity contribution >= 4 is 5.91 Å². The van der Waals surface area contributed by atoms with Crippen LogP contribution < -0.4 is 10.6 Å². The summed E-state index contributed by atoms with van der Waals surface area (Å²) in [5.74, 6) is 0.887. The molecule has 2 aliphatic rings. The summed E-state index contributed by atoms with van der Waals surface area (Å²) in [4.78, 5) is 12.0. The van der Waals surface area contributed by atoms with Gasteiger partial charge in [-0.1, -0.05) is 13.3 Å². The van der Waals surface area contributed by atoms with Gasteiger partial charge in [-0.15, -0.1) is 0 Å². The van der Waals surface area contributed by atoms with Crippen LogP contribution in [0.4, 0.5) is 0 Å². The first-order valence-corrected chi connectivity index (χ1v) is 6.31. The van der Waals surface area contributed by atoms with Crippen molar-refractivity contribution in [2.45, 2.75) is 38.3 Å². The summed E-state index contributed by atoms with van der Waals surface area (Å²) in [7, 11) is 1.89. The molecule has 4 atom stereocenters. The molecule has 2 rings (SSSR count). The third-order valence-corrected chi connectivity index (χ3v) is 3.70. The topological polar surface area (TPSA) is 50.4 Å². The summed E-state index contributed by atoms with van der Waals surface area (Å²) in [5, 5.41) is 6.28. The number of rotatable bonds is 5. The molecular weight excluding hydrogens is 204 g/mol. The Bertz CT molecular complexity index is 257. The van der Waals surface area contributed by atoms with Gasteiger partial charge < -0.3 is 15.4 Å². The molecule has 2 fully saturated rings. The first-order chi connectivity index (χ1) is 7.76. The van der Waals surface area contributed by atoms with Crippen molar-refractivity contribution in [1.29, 1.82) is 0 Å². The Morgan fingerprint density at radius 2 is 2.19 bits per heavy atom. The van der Waals surface area contributed by atoms with Gasteiger partial charge in [-0.3, -0.25) is 4.79 Å². The van der Waals surface area contributed by atoms with Gasteiger partial charge in [0.2, 0.25) is 5.91 Å². The normalized spacial score (nSPS) is 37.4. The lowest BCUT2D eigenvalue weighted by molar-refractivity contribution is -0.125. The predicted octanol–water partition coefficient (Wildman–Crippen LogP) is 0.526. The summed E-state index contributed by atoms with van der Waals surface area (Å²) < 4.78 is 5.33. The second-order valence-corrected chi connectivity index (χ2v) is 4.94. The second kappa shape index (κ2) is 5.15. The maximum atomic E-state index is 12.0. The van der Waals surface area contributed by atoms with Crippen molar-refractivity contribution < 1.29 is 9.53 Å². The molecule has 0 aromatic carbocycles. The standard InChI is InChI=1S/C12H22N2O2/c1-3-4-8-5-10(8)14-12(15)9-6-16-7-11(9)13-2/h8-11,13H,3-7H2,1-2H3,(H,14,15). The van der Waals surface area contributed by atoms with E-state index < -0.39 is 0 Å². The Morgan fingerprint density at radius 3 is 2.88 bits per heavy atom. The van der Waals surface area contributed by atoms with Crippen molar-refractivity contribution in [3.63, 3.8) is 0 Å². The van der Waals surface area contributed by atoms with Crippen LogP contribution in [0.5, 0.6) is 0 Å². The van der Waals surface area contributed by atoms with Gasteiger partial charge in [-0.05, 0) is 25.8 Å². The number of hydrogen-bond donors (Lipinski definition) is 2. The Hall–Kier alpha value is -0.610. The van der Waals surface area contributed by atoms with Crippen molar-refractivity contribution in [2.24, 2.45) is 11.8 Å². The van der Waals surface area contributed by atoms with E-state index in [9.17, 15) is 4.79 Å². The van der Waals surface area contributed by atoms with E-state index in [0.29, 0.717) is 19.3 Å². The fourth-order valence-electron chi connectivity index (χ4n) is 2.50. The van der Waals surface area contributed by atoms with Gasteiger partial charge in [-0.25, -0.2) is 0 Å². The zero-order valence-corrected chi connectivity index (χ0v) is 10.2. The van der Waals surface area contributed by atoms with Crippen LogP contribution in [0.25, 0.3) is 0 Å². The first-order valence-electron chi connectivity index (χ1n) is 6.31. The minimum atomic E-state index is -0.00660. The molecule has 1 heterocycles. The molecule has 4 unspecified atom stereocenters. The fraction of sp³-hybridized carbons (Fsp3) is 0.917. The van der Waals surface area contributed by atoms with E-state index in [1.165, 1.54) is 12.8 Å². The van der Waals surface area contributed by atoms with E-state index >= 15 is 0 Å². The molecule has 0 bridgehead atoms. The summed E-state index contributed by atoms with van der Waals surface area (Å²) in [5.41, 5.74) is 0. The quantitative estimate of drug-likeness (QED) is 0.719. The van der Waals surface area contributed by atoms with E-state index in [-0.39, 0.29) is 17.9 Å². The highest BCUT2D eigenvalue weighted by Crippen LogP contribution is 2.34. The van der Waals surface area contributed by atoms with E-state index in [1.807, 2.05) is 7.05 Å². The van der Waals surface area contributed by atoms with Crippen molar-refractivity contribution in [3.05, 3.63) is 0 Å². The van der Waals surface area contributed by atoms with Crippen LogP contribution in [0, 0.1) is 11.8 Å². The van der Waals surface area contributed by atoms with E-state index in [1.54, 1.807) is 0 Å². The summed E-state index contributed by atoms with van der Waals surface area (Å²) in [6.45, 7) is 3.40. The van der Waals surface area contributed by atoms with Crippen molar-refractivity contribution in [2.75, 3.05) is 20.3 Å². The average Bonchev–Trinajstić information content (AvgIpc) is 2.84. The van der Waals surface area contributed by atoms with Crippen LogP contribution in [0.15, 0.2) is 0 Å². The summed E-state index contributed by atoms with van der Waals surface area (Å²) in [6.07, 6.45) is 3.61. The molecule has 0 aromatic rings. The van der Waals surface area contributed by atoms with Gasteiger partial charge in [0.1, 0.15) is 0 Å². The van der Waals surface area contributed by atoms with Crippen LogP contribution in [-0.2, 0) is 9.53 Å². The lowest BCUT2D eigenvalue weighted by Crippen LogP contribution is -2.43. The maximum Gasteiger partial charge on any atom is 0.227 e. The van der Waals surface area contributed by atoms with E-state index in [0.717, 1.165) is 12.3 Å². The van der Waals surface area contributed by atoms with Crippen LogP contribution in [0.3, 0.4) is 0 Å². The molecule has 2 N–H and O–H groups in total. The summed E-state index contributed by atoms with van der Waals surface area (Å²) in [6, 6.07) is 0.619. The lowest BCUT2D eigenvalue weighted by Gasteiger charge is -2.16. The number of ether oxygens (including phenoxy) is 1. The molecule has 0 radical (unpaired) electrons. The highest BCUT2D eigenvalue weighted by atomic mass is 16.5. The molecule has 92 valence electrons. The highest BCUT2D eigenvalue weighted by molar-refractivity contribution is 5.80. The summed E-state index contributed by atoms with van der Waals surface area (Å²) >= 11 is 0. The van der Waals surface area contributed by atoms with Crippen LogP contribution in [0.1, 0.15) is 26.2 Å². The van der Waals surface area contributed by atoms with Gasteiger partial charge in [0.05, 0.1) is 19.1 Å². The minimum Gasteiger partial charge on any atom is -0.379 e. The largest absolute Gasteiger partial charge is 0.379 e. The molecule has 1 amide bonds. The highest BCUT2D eigenvalue weighted by Gasteiger charge is 2.40. The SMILES string of the molecule is CCCC1CC1NC(=O)C1COCC1NC. The number of carbonyl (C=O) groups excluding carboxylic acids is 1. The predicted molar refractivity (Wildman–Crippen MR) is 62.1 cm³/mol. The van der Waals surface area contributed by atoms with Gasteiger partial charge in [-0.2, -0.15) is 0 Å². The monoisotopic (exact) mass is 226 g/mol. The fourth-order valence-corrected chi connectivity index (χ4v) is 2.50. The molecule has 0 spiro atoms. The Morgan fingerprint density at radius 1 is 1.38 bits per heavy atom. The Kier molecular flexibility index (Phi) is 3.82. The van der Waals surface area contributed by atoms with Crippen molar-refractivity contribution in [1.82, 2.24) is 10.6 Å². The number of nitrogens with one attached hydrogen (secondary N) is 2. The molecule has 1 saturated heterocycles. The maximum absolute atomic E-state index is 12.0. The van der Waals surface area contributed by atoms with Crippen molar-refractivity contribution in [3.8, 4) is 0 Å². The number of amides is 1. The van der Waals surface area contributed by atoms with Crippen LogP contribution in [-0.4, -0.2) is 38.3 Å². The molecule has 1 aliphatic heterocycles. The average molecular weight is 226 g/mol. The van der Waals surface area contributed by atoms with Crippen LogP contribution >= 0.6 is 0 Å². The van der Waals surface area contributed by atoms with Gasteiger partial charge in [0, 0.05) is 12.1 Å². The molecule has 1 aliphatic carbocycles. The lowest BCUT2D eigenvalue weighted by atomic mass is 10.0. The third kappa shape index (κ3) is 2.55. The van der Waals surface area contributed by atoms with E-state index in [2.05, 4.69) is 17.6 Å². The number of likely N-dealkylation sites (N-methyl/N-ethyl adjacent to an activating group) is 1. The third-order valence-electron chi connectivity index (χ3n) is 3.70. The zero-order valence-electron chi connectivity index (χ0n) is 10.2. The molecule has 1 saturated carbocycles. The molecule has 16 heavy (non-hydrogen) atoms. The Labute approximate surface area is 97.1 Å². The molecule has 4 heteroatoms. The van der Waals surface area contributed by atoms with Gasteiger partial charge >= 0.3 is 0 Å². The van der Waals surface area contributed by atoms with Gasteiger partial charge in [0.15, 0.2) is 0 Å². The smallest absolute Gasteiger partial charge is 0.227 e. The van der Waals surface area contributed by atoms with Crippen LogP contribution in [0.2, 0.25) is 0 Å². The van der Waals surface area contributed by atoms with E-state index in [4.69, 9.17) is 4.74 Å². The van der Waals surface area contributed by atoms with Gasteiger partial charge in [0.25, 0.3) is 0 Å². The number of hydrogen-bond acceptors (Lipinski definition) is 3. The molecule has 0 aromatic heterocycles.